The molecule has 1 aliphatic rings. The van der Waals surface area contributed by atoms with Gasteiger partial charge in [0.2, 0.25) is 0 Å². The second kappa shape index (κ2) is 6.18. The molecule has 1 fully saturated rings. The van der Waals surface area contributed by atoms with Gasteiger partial charge in [0.25, 0.3) is 0 Å². The fourth-order valence-corrected chi connectivity index (χ4v) is 2.45. The van der Waals surface area contributed by atoms with Crippen molar-refractivity contribution in [3.05, 3.63) is 29.8 Å². The second-order valence-electron chi connectivity index (χ2n) is 4.97. The van der Waals surface area contributed by atoms with Crippen LogP contribution in [0.5, 0.6) is 5.75 Å². The molecule has 1 aromatic rings. The summed E-state index contributed by atoms with van der Waals surface area (Å²) < 4.78 is 5.18. The van der Waals surface area contributed by atoms with Gasteiger partial charge in [-0.15, -0.1) is 0 Å². The van der Waals surface area contributed by atoms with Crippen LogP contribution in [0.15, 0.2) is 24.3 Å². The van der Waals surface area contributed by atoms with Crippen molar-refractivity contribution in [2.45, 2.75) is 12.6 Å². The standard InChI is InChI=1S/C14H23N3O/c1-16-7-8-17(13(9-15)11-16)10-12-3-5-14(18-2)6-4-12/h3-6,13H,7-11,15H2,1-2H3. The highest BCUT2D eigenvalue weighted by atomic mass is 16.5. The molecule has 1 heterocycles. The number of piperazine rings is 1. The molecular weight excluding hydrogens is 226 g/mol. The number of hydrogen-bond acceptors (Lipinski definition) is 4. The number of methoxy groups -OCH3 is 1. The molecule has 1 aromatic carbocycles. The third-order valence-electron chi connectivity index (χ3n) is 3.62. The lowest BCUT2D eigenvalue weighted by molar-refractivity contribution is 0.0881. The molecule has 4 nitrogen and oxygen atoms in total. The van der Waals surface area contributed by atoms with Crippen LogP contribution in [-0.2, 0) is 6.54 Å². The molecule has 0 saturated carbocycles. The number of ether oxygens (including phenoxy) is 1. The van der Waals surface area contributed by atoms with Gasteiger partial charge in [-0.3, -0.25) is 4.90 Å². The van der Waals surface area contributed by atoms with Gasteiger partial charge in [-0.05, 0) is 24.7 Å². The highest BCUT2D eigenvalue weighted by Crippen LogP contribution is 2.16. The van der Waals surface area contributed by atoms with Gasteiger partial charge in [0, 0.05) is 38.8 Å². The van der Waals surface area contributed by atoms with Crippen molar-refractivity contribution in [3.63, 3.8) is 0 Å². The first-order valence-electron chi connectivity index (χ1n) is 6.48. The Labute approximate surface area is 109 Å². The van der Waals surface area contributed by atoms with Crippen molar-refractivity contribution in [3.8, 4) is 5.75 Å². The van der Waals surface area contributed by atoms with Crippen LogP contribution in [0.4, 0.5) is 0 Å². The Morgan fingerprint density at radius 3 is 2.61 bits per heavy atom. The molecule has 18 heavy (non-hydrogen) atoms. The van der Waals surface area contributed by atoms with E-state index in [2.05, 4.69) is 29.0 Å². The molecule has 0 radical (unpaired) electrons. The lowest BCUT2D eigenvalue weighted by Gasteiger charge is -2.39. The zero-order valence-electron chi connectivity index (χ0n) is 11.3. The van der Waals surface area contributed by atoms with E-state index in [1.54, 1.807) is 7.11 Å². The summed E-state index contributed by atoms with van der Waals surface area (Å²) in [6, 6.07) is 8.76. The van der Waals surface area contributed by atoms with E-state index in [-0.39, 0.29) is 0 Å². The molecule has 1 atom stereocenters. The van der Waals surface area contributed by atoms with E-state index in [4.69, 9.17) is 10.5 Å². The zero-order valence-corrected chi connectivity index (χ0v) is 11.3. The molecule has 0 aliphatic carbocycles. The van der Waals surface area contributed by atoms with Crippen LogP contribution in [0.2, 0.25) is 0 Å². The van der Waals surface area contributed by atoms with Crippen molar-refractivity contribution >= 4 is 0 Å². The summed E-state index contributed by atoms with van der Waals surface area (Å²) >= 11 is 0. The Hall–Kier alpha value is -1.10. The van der Waals surface area contributed by atoms with Crippen molar-refractivity contribution < 1.29 is 4.74 Å². The lowest BCUT2D eigenvalue weighted by Crippen LogP contribution is -2.54. The Balaban J connectivity index is 1.98. The number of likely N-dealkylation sites (N-methyl/N-ethyl adjacent to an activating group) is 1. The summed E-state index contributed by atoms with van der Waals surface area (Å²) in [7, 11) is 3.85. The lowest BCUT2D eigenvalue weighted by atomic mass is 10.1. The van der Waals surface area contributed by atoms with E-state index in [9.17, 15) is 0 Å². The minimum atomic E-state index is 0.464. The average Bonchev–Trinajstić information content (AvgIpc) is 2.41. The monoisotopic (exact) mass is 249 g/mol. The number of benzene rings is 1. The quantitative estimate of drug-likeness (QED) is 0.856. The first-order chi connectivity index (χ1) is 8.72. The van der Waals surface area contributed by atoms with Crippen LogP contribution in [0.25, 0.3) is 0 Å². The molecule has 2 N–H and O–H groups in total. The molecule has 0 aromatic heterocycles. The highest BCUT2D eigenvalue weighted by molar-refractivity contribution is 5.27. The Kier molecular flexibility index (Phi) is 4.58. The number of rotatable bonds is 4. The van der Waals surface area contributed by atoms with Crippen molar-refractivity contribution in [1.29, 1.82) is 0 Å². The Morgan fingerprint density at radius 2 is 2.00 bits per heavy atom. The largest absolute Gasteiger partial charge is 0.497 e. The predicted octanol–water partition coefficient (Wildman–Crippen LogP) is 0.770. The average molecular weight is 249 g/mol. The van der Waals surface area contributed by atoms with Crippen molar-refractivity contribution in [2.75, 3.05) is 40.3 Å². The van der Waals surface area contributed by atoms with Crippen molar-refractivity contribution in [2.24, 2.45) is 5.73 Å². The molecule has 0 amide bonds. The Bertz CT molecular complexity index is 366. The maximum absolute atomic E-state index is 5.87. The highest BCUT2D eigenvalue weighted by Gasteiger charge is 2.23. The van der Waals surface area contributed by atoms with E-state index in [0.717, 1.165) is 38.5 Å². The molecular formula is C14H23N3O. The van der Waals surface area contributed by atoms with Gasteiger partial charge < -0.3 is 15.4 Å². The van der Waals surface area contributed by atoms with Gasteiger partial charge >= 0.3 is 0 Å². The van der Waals surface area contributed by atoms with Gasteiger partial charge in [-0.2, -0.15) is 0 Å². The first kappa shape index (κ1) is 13.3. The molecule has 4 heteroatoms. The summed E-state index contributed by atoms with van der Waals surface area (Å²) in [6.07, 6.45) is 0. The van der Waals surface area contributed by atoms with E-state index < -0.39 is 0 Å². The topological polar surface area (TPSA) is 41.7 Å². The van der Waals surface area contributed by atoms with E-state index in [0.29, 0.717) is 6.04 Å². The normalized spacial score (nSPS) is 22.1. The molecule has 0 bridgehead atoms. The minimum Gasteiger partial charge on any atom is -0.497 e. The molecule has 2 rings (SSSR count). The molecule has 1 aliphatic heterocycles. The SMILES string of the molecule is COc1ccc(CN2CCN(C)CC2CN)cc1. The third kappa shape index (κ3) is 3.22. The van der Waals surface area contributed by atoms with Gasteiger partial charge in [0.15, 0.2) is 0 Å². The number of nitrogens with two attached hydrogens (primary N) is 1. The van der Waals surface area contributed by atoms with Crippen LogP contribution in [0.3, 0.4) is 0 Å². The van der Waals surface area contributed by atoms with Gasteiger partial charge in [0.05, 0.1) is 7.11 Å². The number of hydrogen-bond donors (Lipinski definition) is 1. The van der Waals surface area contributed by atoms with E-state index in [1.807, 2.05) is 12.1 Å². The third-order valence-corrected chi connectivity index (χ3v) is 3.62. The summed E-state index contributed by atoms with van der Waals surface area (Å²) in [5.41, 5.74) is 7.19. The maximum atomic E-state index is 5.87. The van der Waals surface area contributed by atoms with E-state index in [1.165, 1.54) is 5.56 Å². The maximum Gasteiger partial charge on any atom is 0.118 e. The molecule has 100 valence electrons. The number of nitrogens with zero attached hydrogens (tertiary/aromatic N) is 2. The molecule has 0 spiro atoms. The summed E-state index contributed by atoms with van der Waals surface area (Å²) in [5.74, 6) is 0.910. The molecule has 1 saturated heterocycles. The summed E-state index contributed by atoms with van der Waals surface area (Å²) in [6.45, 7) is 4.96. The van der Waals surface area contributed by atoms with Crippen LogP contribution < -0.4 is 10.5 Å². The summed E-state index contributed by atoms with van der Waals surface area (Å²) in [5, 5.41) is 0. The summed E-state index contributed by atoms with van der Waals surface area (Å²) in [4.78, 5) is 4.82. The Morgan fingerprint density at radius 1 is 1.28 bits per heavy atom. The zero-order chi connectivity index (χ0) is 13.0. The minimum absolute atomic E-state index is 0.464. The van der Waals surface area contributed by atoms with Crippen molar-refractivity contribution in [1.82, 2.24) is 9.80 Å². The first-order valence-corrected chi connectivity index (χ1v) is 6.48. The van der Waals surface area contributed by atoms with Gasteiger partial charge in [-0.25, -0.2) is 0 Å². The van der Waals surface area contributed by atoms with E-state index >= 15 is 0 Å². The fourth-order valence-electron chi connectivity index (χ4n) is 2.45. The molecule has 1 unspecified atom stereocenters. The smallest absolute Gasteiger partial charge is 0.118 e. The van der Waals surface area contributed by atoms with Gasteiger partial charge in [0.1, 0.15) is 5.75 Å². The fraction of sp³-hybridized carbons (Fsp3) is 0.571. The van der Waals surface area contributed by atoms with Crippen LogP contribution in [-0.4, -0.2) is 56.2 Å². The van der Waals surface area contributed by atoms with Crippen LogP contribution in [0.1, 0.15) is 5.56 Å². The predicted molar refractivity (Wildman–Crippen MR) is 73.7 cm³/mol. The van der Waals surface area contributed by atoms with Crippen LogP contribution >= 0.6 is 0 Å². The van der Waals surface area contributed by atoms with Crippen LogP contribution in [0, 0.1) is 0 Å². The van der Waals surface area contributed by atoms with Gasteiger partial charge in [-0.1, -0.05) is 12.1 Å². The second-order valence-corrected chi connectivity index (χ2v) is 4.97.